The van der Waals surface area contributed by atoms with Gasteiger partial charge in [-0.3, -0.25) is 14.4 Å². The van der Waals surface area contributed by atoms with E-state index in [1.165, 1.54) is 0 Å². The van der Waals surface area contributed by atoms with Gasteiger partial charge in [0.15, 0.2) is 0 Å². The smallest absolute Gasteiger partial charge is 0.259 e. The zero-order valence-electron chi connectivity index (χ0n) is 21.2. The summed E-state index contributed by atoms with van der Waals surface area (Å²) >= 11 is 0. The fourth-order valence-corrected chi connectivity index (χ4v) is 3.90. The Morgan fingerprint density at radius 2 is 1.71 bits per heavy atom. The molecule has 3 rings (SSSR count). The maximum Gasteiger partial charge on any atom is 0.259 e. The molecule has 1 N–H and O–H groups in total. The van der Waals surface area contributed by atoms with Crippen molar-refractivity contribution in [3.63, 3.8) is 0 Å². The van der Waals surface area contributed by atoms with Gasteiger partial charge in [0.25, 0.3) is 11.8 Å². The Balaban J connectivity index is 1.84. The molecular weight excluding hydrogens is 430 g/mol. The number of piperazine rings is 1. The van der Waals surface area contributed by atoms with E-state index in [2.05, 4.69) is 29.0 Å². The number of nitrogens with zero attached hydrogens (tertiary/aromatic N) is 4. The number of aromatic nitrogens is 2. The lowest BCUT2D eigenvalue weighted by Crippen LogP contribution is -2.50. The van der Waals surface area contributed by atoms with Crippen LogP contribution >= 0.6 is 0 Å². The number of amides is 2. The Hall–Kier alpha value is -3.16. The molecule has 1 aliphatic rings. The fourth-order valence-electron chi connectivity index (χ4n) is 3.90. The van der Waals surface area contributed by atoms with Gasteiger partial charge >= 0.3 is 0 Å². The Morgan fingerprint density at radius 1 is 1.06 bits per heavy atom. The molecule has 3 heterocycles. The first-order valence-corrected chi connectivity index (χ1v) is 12.0. The van der Waals surface area contributed by atoms with Gasteiger partial charge in [0.05, 0.1) is 0 Å². The van der Waals surface area contributed by atoms with Crippen LogP contribution in [0.25, 0.3) is 0 Å². The average molecular weight is 468 g/mol. The summed E-state index contributed by atoms with van der Waals surface area (Å²) in [6, 6.07) is 5.90. The van der Waals surface area contributed by atoms with E-state index >= 15 is 0 Å². The summed E-state index contributed by atoms with van der Waals surface area (Å²) in [7, 11) is 0. The van der Waals surface area contributed by atoms with Gasteiger partial charge in [0.1, 0.15) is 16.9 Å². The highest BCUT2D eigenvalue weighted by Crippen LogP contribution is 2.16. The molecule has 2 amide bonds. The summed E-state index contributed by atoms with van der Waals surface area (Å²) in [6.45, 7) is 14.6. The Bertz CT molecular complexity index is 1090. The summed E-state index contributed by atoms with van der Waals surface area (Å²) < 4.78 is 1.80. The van der Waals surface area contributed by atoms with Crippen LogP contribution in [0.3, 0.4) is 0 Å². The van der Waals surface area contributed by atoms with Crippen LogP contribution in [0.5, 0.6) is 0 Å². The lowest BCUT2D eigenvalue weighted by atomic mass is 10.1. The zero-order chi connectivity index (χ0) is 25.0. The van der Waals surface area contributed by atoms with E-state index in [4.69, 9.17) is 0 Å². The van der Waals surface area contributed by atoms with Crippen molar-refractivity contribution in [2.75, 3.05) is 31.1 Å². The van der Waals surface area contributed by atoms with Crippen molar-refractivity contribution in [1.82, 2.24) is 19.8 Å². The molecular formula is C26H37N5O3. The second-order valence-corrected chi connectivity index (χ2v) is 10.5. The molecule has 184 valence electrons. The molecule has 1 saturated heterocycles. The molecule has 0 aromatic carbocycles. The van der Waals surface area contributed by atoms with E-state index in [-0.39, 0.29) is 17.0 Å². The van der Waals surface area contributed by atoms with Crippen LogP contribution in [0.1, 0.15) is 67.4 Å². The molecule has 0 saturated carbocycles. The largest absolute Gasteiger partial charge is 0.353 e. The van der Waals surface area contributed by atoms with E-state index in [9.17, 15) is 14.4 Å². The standard InChI is InChI=1S/C26H37N5O3/c1-18(2)10-11-29-16-20(24(33)28-26(4,5)6)23(32)21(17-29)25(34)31-14-12-30(13-15-31)22-9-7-8-19(3)27-22/h7-9,16-18H,10-15H2,1-6H3,(H,28,33). The van der Waals surface area contributed by atoms with Crippen LogP contribution in [0.2, 0.25) is 0 Å². The molecule has 8 heteroatoms. The second-order valence-electron chi connectivity index (χ2n) is 10.5. The van der Waals surface area contributed by atoms with Gasteiger partial charge in [-0.1, -0.05) is 19.9 Å². The third-order valence-corrected chi connectivity index (χ3v) is 5.77. The van der Waals surface area contributed by atoms with Gasteiger partial charge in [-0.2, -0.15) is 0 Å². The lowest BCUT2D eigenvalue weighted by molar-refractivity contribution is 0.0744. The maximum absolute atomic E-state index is 13.4. The van der Waals surface area contributed by atoms with Gasteiger partial charge < -0.3 is 19.7 Å². The minimum atomic E-state index is -0.518. The number of rotatable bonds is 6. The number of nitrogens with one attached hydrogen (secondary N) is 1. The topological polar surface area (TPSA) is 87.5 Å². The predicted molar refractivity (Wildman–Crippen MR) is 134 cm³/mol. The number of pyridine rings is 2. The molecule has 0 unspecified atom stereocenters. The summed E-state index contributed by atoms with van der Waals surface area (Å²) in [6.07, 6.45) is 4.05. The van der Waals surface area contributed by atoms with Crippen molar-refractivity contribution in [2.24, 2.45) is 5.92 Å². The third kappa shape index (κ3) is 6.46. The second kappa shape index (κ2) is 10.4. The first-order chi connectivity index (χ1) is 15.9. The van der Waals surface area contributed by atoms with Crippen molar-refractivity contribution in [3.8, 4) is 0 Å². The van der Waals surface area contributed by atoms with E-state index in [1.54, 1.807) is 21.9 Å². The Morgan fingerprint density at radius 3 is 2.29 bits per heavy atom. The molecule has 0 radical (unpaired) electrons. The predicted octanol–water partition coefficient (Wildman–Crippen LogP) is 3.09. The van der Waals surface area contributed by atoms with Crippen molar-refractivity contribution in [2.45, 2.75) is 60.0 Å². The van der Waals surface area contributed by atoms with E-state index in [0.717, 1.165) is 17.9 Å². The number of carbonyl (C=O) groups is 2. The monoisotopic (exact) mass is 467 g/mol. The summed E-state index contributed by atoms with van der Waals surface area (Å²) in [5.41, 5.74) is -0.00915. The van der Waals surface area contributed by atoms with Crippen molar-refractivity contribution >= 4 is 17.6 Å². The number of hydrogen-bond acceptors (Lipinski definition) is 5. The fraction of sp³-hybridized carbons (Fsp3) is 0.538. The van der Waals surface area contributed by atoms with Gasteiger partial charge in [0.2, 0.25) is 5.43 Å². The third-order valence-electron chi connectivity index (χ3n) is 5.77. The van der Waals surface area contributed by atoms with Crippen LogP contribution in [0, 0.1) is 12.8 Å². The Labute approximate surface area is 202 Å². The van der Waals surface area contributed by atoms with Gasteiger partial charge in [-0.05, 0) is 52.2 Å². The van der Waals surface area contributed by atoms with Crippen LogP contribution in [-0.4, -0.2) is 58.0 Å². The molecule has 0 bridgehead atoms. The number of hydrogen-bond donors (Lipinski definition) is 1. The first kappa shape index (κ1) is 25.5. The molecule has 34 heavy (non-hydrogen) atoms. The first-order valence-electron chi connectivity index (χ1n) is 12.0. The molecule has 2 aromatic rings. The lowest BCUT2D eigenvalue weighted by Gasteiger charge is -2.35. The molecule has 2 aromatic heterocycles. The summed E-state index contributed by atoms with van der Waals surface area (Å²) in [5.74, 6) is 0.559. The maximum atomic E-state index is 13.4. The number of carbonyl (C=O) groups excluding carboxylic acids is 2. The van der Waals surface area contributed by atoms with Crippen LogP contribution in [0.4, 0.5) is 5.82 Å². The SMILES string of the molecule is Cc1cccc(N2CCN(C(=O)c3cn(CCC(C)C)cc(C(=O)NC(C)(C)C)c3=O)CC2)n1. The van der Waals surface area contributed by atoms with E-state index in [1.807, 2.05) is 45.9 Å². The highest BCUT2D eigenvalue weighted by atomic mass is 16.2. The van der Waals surface area contributed by atoms with Crippen molar-refractivity contribution in [1.29, 1.82) is 0 Å². The highest BCUT2D eigenvalue weighted by molar-refractivity contribution is 5.99. The zero-order valence-corrected chi connectivity index (χ0v) is 21.2. The van der Waals surface area contributed by atoms with Gasteiger partial charge in [0, 0.05) is 56.4 Å². The molecule has 1 aliphatic heterocycles. The Kier molecular flexibility index (Phi) is 7.79. The van der Waals surface area contributed by atoms with E-state index in [0.29, 0.717) is 38.6 Å². The van der Waals surface area contributed by atoms with Gasteiger partial charge in [-0.25, -0.2) is 4.98 Å². The molecule has 0 spiro atoms. The van der Waals surface area contributed by atoms with Crippen molar-refractivity contribution in [3.05, 3.63) is 57.6 Å². The normalized spacial score (nSPS) is 14.4. The average Bonchev–Trinajstić information content (AvgIpc) is 2.76. The van der Waals surface area contributed by atoms with Gasteiger partial charge in [-0.15, -0.1) is 0 Å². The van der Waals surface area contributed by atoms with Crippen LogP contribution < -0.4 is 15.6 Å². The minimum Gasteiger partial charge on any atom is -0.353 e. The molecule has 8 nitrogen and oxygen atoms in total. The summed E-state index contributed by atoms with van der Waals surface area (Å²) in [4.78, 5) is 48.0. The summed E-state index contributed by atoms with van der Waals surface area (Å²) in [5, 5.41) is 2.85. The van der Waals surface area contributed by atoms with E-state index < -0.39 is 16.9 Å². The molecule has 0 aliphatic carbocycles. The quantitative estimate of drug-likeness (QED) is 0.705. The van der Waals surface area contributed by atoms with Crippen molar-refractivity contribution < 1.29 is 9.59 Å². The number of anilines is 1. The number of aryl methyl sites for hydroxylation is 2. The molecule has 0 atom stereocenters. The molecule has 1 fully saturated rings. The highest BCUT2D eigenvalue weighted by Gasteiger charge is 2.27. The van der Waals surface area contributed by atoms with Crippen LogP contribution in [-0.2, 0) is 6.54 Å². The minimum absolute atomic E-state index is 0.00660. The van der Waals surface area contributed by atoms with Crippen LogP contribution in [0.15, 0.2) is 35.4 Å².